The minimum Gasteiger partial charge on any atom is -0.466 e. The van der Waals surface area contributed by atoms with Crippen molar-refractivity contribution in [2.75, 3.05) is 13.2 Å². The summed E-state index contributed by atoms with van der Waals surface area (Å²) in [5.41, 5.74) is 0. The van der Waals surface area contributed by atoms with Crippen molar-refractivity contribution in [2.45, 2.75) is 392 Å². The zero-order valence-corrected chi connectivity index (χ0v) is 49.6. The quantitative estimate of drug-likeness (QED) is 0.0320. The molecule has 434 valence electrons. The smallest absolute Gasteiger partial charge is 0.305 e. The molecule has 0 aliphatic carbocycles. The number of esters is 1. The molecule has 0 rings (SSSR count). The standard InChI is InChI=1S/C67H131NO5/c1-3-5-7-9-11-13-15-17-19-21-24-27-31-35-39-43-47-51-55-59-65(70)64(63-69)68-66(71)60-56-52-48-44-40-36-32-28-25-23-26-30-34-38-42-46-50-54-58-62-73-67(72)61-57-53-49-45-41-37-33-29-22-20-18-16-14-12-10-8-6-4-2/h55,59,64-65,69-70H,3-54,56-58,60-63H2,1-2H3,(H,68,71)/b59-55+. The van der Waals surface area contributed by atoms with E-state index in [4.69, 9.17) is 4.74 Å². The van der Waals surface area contributed by atoms with E-state index in [2.05, 4.69) is 19.2 Å². The molecule has 73 heavy (non-hydrogen) atoms. The number of allylic oxidation sites excluding steroid dienone is 1. The van der Waals surface area contributed by atoms with Gasteiger partial charge in [0.05, 0.1) is 25.4 Å². The van der Waals surface area contributed by atoms with Crippen LogP contribution in [0.25, 0.3) is 0 Å². The van der Waals surface area contributed by atoms with Gasteiger partial charge in [-0.15, -0.1) is 0 Å². The number of ether oxygens (including phenoxy) is 1. The molecule has 0 spiro atoms. The summed E-state index contributed by atoms with van der Waals surface area (Å²) in [4.78, 5) is 24.6. The van der Waals surface area contributed by atoms with Crippen molar-refractivity contribution in [3.8, 4) is 0 Å². The van der Waals surface area contributed by atoms with Crippen LogP contribution < -0.4 is 5.32 Å². The van der Waals surface area contributed by atoms with Crippen molar-refractivity contribution in [1.82, 2.24) is 5.32 Å². The molecule has 0 fully saturated rings. The zero-order chi connectivity index (χ0) is 52.9. The number of hydrogen-bond donors (Lipinski definition) is 3. The van der Waals surface area contributed by atoms with Crippen molar-refractivity contribution in [2.24, 2.45) is 0 Å². The number of carbonyl (C=O) groups is 2. The maximum Gasteiger partial charge on any atom is 0.305 e. The average molecular weight is 1030 g/mol. The molecule has 0 aromatic rings. The minimum absolute atomic E-state index is 0.0138. The van der Waals surface area contributed by atoms with E-state index in [1.54, 1.807) is 6.08 Å². The summed E-state index contributed by atoms with van der Waals surface area (Å²) in [6, 6.07) is -0.630. The van der Waals surface area contributed by atoms with Crippen LogP contribution >= 0.6 is 0 Å². The molecule has 6 nitrogen and oxygen atoms in total. The second-order valence-corrected chi connectivity index (χ2v) is 23.2. The summed E-state index contributed by atoms with van der Waals surface area (Å²) in [5, 5.41) is 23.2. The second kappa shape index (κ2) is 63.1. The lowest BCUT2D eigenvalue weighted by Crippen LogP contribution is -2.45. The van der Waals surface area contributed by atoms with Gasteiger partial charge in [-0.2, -0.15) is 0 Å². The van der Waals surface area contributed by atoms with Gasteiger partial charge < -0.3 is 20.3 Å². The number of hydrogen-bond acceptors (Lipinski definition) is 5. The Kier molecular flexibility index (Phi) is 61.9. The highest BCUT2D eigenvalue weighted by Gasteiger charge is 2.18. The Bertz CT molecular complexity index is 1100. The Hall–Kier alpha value is -1.40. The fourth-order valence-electron chi connectivity index (χ4n) is 10.7. The van der Waals surface area contributed by atoms with E-state index in [1.165, 1.54) is 315 Å². The number of carbonyl (C=O) groups excluding carboxylic acids is 2. The van der Waals surface area contributed by atoms with Crippen LogP contribution in [0.3, 0.4) is 0 Å². The van der Waals surface area contributed by atoms with Gasteiger partial charge in [0.1, 0.15) is 0 Å². The third-order valence-electron chi connectivity index (χ3n) is 15.8. The van der Waals surface area contributed by atoms with Gasteiger partial charge in [0, 0.05) is 12.8 Å². The maximum absolute atomic E-state index is 12.5. The molecule has 0 bridgehead atoms. The molecule has 0 heterocycles. The third kappa shape index (κ3) is 59.7. The van der Waals surface area contributed by atoms with Gasteiger partial charge in [0.15, 0.2) is 0 Å². The number of rotatable bonds is 63. The molecule has 2 unspecified atom stereocenters. The average Bonchev–Trinajstić information content (AvgIpc) is 3.39. The van der Waals surface area contributed by atoms with Gasteiger partial charge in [-0.1, -0.05) is 347 Å². The molecule has 1 amide bonds. The van der Waals surface area contributed by atoms with Crippen LogP contribution in [-0.4, -0.2) is 47.4 Å². The molecule has 0 aliphatic heterocycles. The van der Waals surface area contributed by atoms with Crippen molar-refractivity contribution >= 4 is 11.9 Å². The first-order valence-corrected chi connectivity index (χ1v) is 33.5. The lowest BCUT2D eigenvalue weighted by atomic mass is 10.0. The van der Waals surface area contributed by atoms with E-state index < -0.39 is 12.1 Å². The molecule has 6 heteroatoms. The number of amides is 1. The lowest BCUT2D eigenvalue weighted by Gasteiger charge is -2.20. The monoisotopic (exact) mass is 1030 g/mol. The molecule has 0 aromatic heterocycles. The SMILES string of the molecule is CCCCCCCCCCCCCCCCCCC/C=C/C(O)C(CO)NC(=O)CCCCCCCCCCCCCCCCCCCCCOC(=O)CCCCCCCCCCCCCCCCCCCC. The van der Waals surface area contributed by atoms with Crippen molar-refractivity contribution < 1.29 is 24.5 Å². The topological polar surface area (TPSA) is 95.9 Å². The molecular formula is C67H131NO5. The number of nitrogens with one attached hydrogen (secondary N) is 1. The highest BCUT2D eigenvalue weighted by atomic mass is 16.5. The van der Waals surface area contributed by atoms with Crippen LogP contribution in [0.4, 0.5) is 0 Å². The molecule has 0 aliphatic rings. The molecule has 3 N–H and O–H groups in total. The molecule has 0 radical (unpaired) electrons. The van der Waals surface area contributed by atoms with E-state index in [-0.39, 0.29) is 18.5 Å². The molecular weight excluding hydrogens is 899 g/mol. The summed E-state index contributed by atoms with van der Waals surface area (Å²) < 4.78 is 5.50. The Balaban J connectivity index is 3.40. The van der Waals surface area contributed by atoms with Crippen LogP contribution in [0.15, 0.2) is 12.2 Å². The van der Waals surface area contributed by atoms with Crippen LogP contribution in [0.5, 0.6) is 0 Å². The Labute approximate surface area is 457 Å². The highest BCUT2D eigenvalue weighted by molar-refractivity contribution is 5.76. The third-order valence-corrected chi connectivity index (χ3v) is 15.8. The Morgan fingerprint density at radius 3 is 0.932 bits per heavy atom. The predicted octanol–water partition coefficient (Wildman–Crippen LogP) is 21.2. The summed E-state index contributed by atoms with van der Waals surface area (Å²) in [7, 11) is 0. The summed E-state index contributed by atoms with van der Waals surface area (Å²) in [6.45, 7) is 4.94. The fourth-order valence-corrected chi connectivity index (χ4v) is 10.7. The summed E-state index contributed by atoms with van der Waals surface area (Å²) in [5.74, 6) is -0.0531. The largest absolute Gasteiger partial charge is 0.466 e. The maximum atomic E-state index is 12.5. The van der Waals surface area contributed by atoms with Gasteiger partial charge in [-0.05, 0) is 32.1 Å². The number of unbranched alkanes of at least 4 members (excludes halogenated alkanes) is 52. The molecule has 2 atom stereocenters. The van der Waals surface area contributed by atoms with Gasteiger partial charge in [-0.25, -0.2) is 0 Å². The molecule has 0 aromatic carbocycles. The Morgan fingerprint density at radius 1 is 0.370 bits per heavy atom. The van der Waals surface area contributed by atoms with E-state index in [0.717, 1.165) is 38.5 Å². The predicted molar refractivity (Wildman–Crippen MR) is 320 cm³/mol. The van der Waals surface area contributed by atoms with Crippen LogP contribution in [-0.2, 0) is 14.3 Å². The Morgan fingerprint density at radius 2 is 0.630 bits per heavy atom. The van der Waals surface area contributed by atoms with Gasteiger partial charge in [0.25, 0.3) is 0 Å². The van der Waals surface area contributed by atoms with E-state index in [1.807, 2.05) is 6.08 Å². The normalized spacial score (nSPS) is 12.5. The van der Waals surface area contributed by atoms with Gasteiger partial charge >= 0.3 is 5.97 Å². The fraction of sp³-hybridized carbons (Fsp3) is 0.940. The minimum atomic E-state index is -0.846. The molecule has 0 saturated heterocycles. The second-order valence-electron chi connectivity index (χ2n) is 23.2. The van der Waals surface area contributed by atoms with Crippen molar-refractivity contribution in [3.63, 3.8) is 0 Å². The first kappa shape index (κ1) is 71.6. The lowest BCUT2D eigenvalue weighted by molar-refractivity contribution is -0.143. The van der Waals surface area contributed by atoms with Gasteiger partial charge in [-0.3, -0.25) is 9.59 Å². The first-order chi connectivity index (χ1) is 36.0. The summed E-state index contributed by atoms with van der Waals surface area (Å²) >= 11 is 0. The number of aliphatic hydroxyl groups is 2. The zero-order valence-electron chi connectivity index (χ0n) is 49.6. The van der Waals surface area contributed by atoms with Crippen LogP contribution in [0, 0.1) is 0 Å². The highest BCUT2D eigenvalue weighted by Crippen LogP contribution is 2.19. The van der Waals surface area contributed by atoms with E-state index >= 15 is 0 Å². The van der Waals surface area contributed by atoms with E-state index in [0.29, 0.717) is 19.4 Å². The van der Waals surface area contributed by atoms with Crippen molar-refractivity contribution in [1.29, 1.82) is 0 Å². The molecule has 0 saturated carbocycles. The summed E-state index contributed by atoms with van der Waals surface area (Å²) in [6.07, 6.45) is 76.9. The number of aliphatic hydroxyl groups excluding tert-OH is 2. The van der Waals surface area contributed by atoms with Crippen LogP contribution in [0.1, 0.15) is 380 Å². The van der Waals surface area contributed by atoms with Crippen LogP contribution in [0.2, 0.25) is 0 Å². The van der Waals surface area contributed by atoms with Gasteiger partial charge in [0.2, 0.25) is 5.91 Å². The first-order valence-electron chi connectivity index (χ1n) is 33.5. The van der Waals surface area contributed by atoms with Crippen molar-refractivity contribution in [3.05, 3.63) is 12.2 Å². The van der Waals surface area contributed by atoms with E-state index in [9.17, 15) is 19.8 Å².